The number of carbonyl (C=O) groups excluding carboxylic acids is 3. The molecule has 0 saturated carbocycles. The van der Waals surface area contributed by atoms with E-state index >= 15 is 0 Å². The van der Waals surface area contributed by atoms with E-state index in [-0.39, 0.29) is 18.2 Å². The van der Waals surface area contributed by atoms with Gasteiger partial charge in [-0.1, -0.05) is 30.3 Å². The molecule has 6 nitrogen and oxygen atoms in total. The number of anilines is 1. The van der Waals surface area contributed by atoms with E-state index in [1.807, 2.05) is 30.3 Å². The molecule has 0 spiro atoms. The van der Waals surface area contributed by atoms with Crippen molar-refractivity contribution in [3.05, 3.63) is 65.2 Å². The predicted molar refractivity (Wildman–Crippen MR) is 96.7 cm³/mol. The van der Waals surface area contributed by atoms with Gasteiger partial charge in [0.05, 0.1) is 30.8 Å². The molecule has 2 aromatic carbocycles. The van der Waals surface area contributed by atoms with Gasteiger partial charge in [-0.25, -0.2) is 9.69 Å². The Balaban J connectivity index is 1.75. The van der Waals surface area contributed by atoms with Gasteiger partial charge in [0.25, 0.3) is 5.91 Å². The molecule has 1 atom stereocenters. The van der Waals surface area contributed by atoms with Crippen LogP contribution < -0.4 is 10.2 Å². The average molecular weight is 352 g/mol. The lowest BCUT2D eigenvalue weighted by Gasteiger charge is -2.18. The van der Waals surface area contributed by atoms with Crippen molar-refractivity contribution in [3.8, 4) is 0 Å². The highest BCUT2D eigenvalue weighted by Crippen LogP contribution is 2.27. The highest BCUT2D eigenvalue weighted by molar-refractivity contribution is 6.22. The summed E-state index contributed by atoms with van der Waals surface area (Å²) in [7, 11) is 1.31. The van der Waals surface area contributed by atoms with Gasteiger partial charge < -0.3 is 10.1 Å². The maximum absolute atomic E-state index is 12.7. The first kappa shape index (κ1) is 17.8. The molecule has 0 aliphatic carbocycles. The molecule has 1 fully saturated rings. The van der Waals surface area contributed by atoms with Crippen LogP contribution in [0.2, 0.25) is 0 Å². The van der Waals surface area contributed by atoms with Gasteiger partial charge in [0, 0.05) is 6.54 Å². The molecule has 3 rings (SSSR count). The van der Waals surface area contributed by atoms with E-state index in [1.54, 1.807) is 25.1 Å². The van der Waals surface area contributed by atoms with Gasteiger partial charge in [0.2, 0.25) is 5.91 Å². The second kappa shape index (κ2) is 7.49. The highest BCUT2D eigenvalue weighted by atomic mass is 16.5. The molecule has 0 bridgehead atoms. The fourth-order valence-electron chi connectivity index (χ4n) is 3.03. The number of aryl methyl sites for hydroxylation is 1. The molecule has 1 aliphatic heterocycles. The third-order valence-corrected chi connectivity index (χ3v) is 4.40. The van der Waals surface area contributed by atoms with Crippen molar-refractivity contribution in [2.75, 3.05) is 12.0 Å². The Kier molecular flexibility index (Phi) is 5.14. The number of hydrogen-bond acceptors (Lipinski definition) is 5. The van der Waals surface area contributed by atoms with Crippen LogP contribution in [0.4, 0.5) is 5.69 Å². The topological polar surface area (TPSA) is 75.7 Å². The first-order valence-electron chi connectivity index (χ1n) is 8.34. The Morgan fingerprint density at radius 2 is 1.92 bits per heavy atom. The summed E-state index contributed by atoms with van der Waals surface area (Å²) in [6.45, 7) is 2.27. The Bertz CT molecular complexity index is 848. The van der Waals surface area contributed by atoms with Crippen molar-refractivity contribution < 1.29 is 19.1 Å². The van der Waals surface area contributed by atoms with Crippen LogP contribution in [0.1, 0.15) is 27.9 Å². The molecule has 1 aliphatic rings. The van der Waals surface area contributed by atoms with Crippen molar-refractivity contribution in [3.63, 3.8) is 0 Å². The van der Waals surface area contributed by atoms with Crippen molar-refractivity contribution in [1.82, 2.24) is 5.32 Å². The maximum atomic E-state index is 12.7. The van der Waals surface area contributed by atoms with Gasteiger partial charge >= 0.3 is 5.97 Å². The number of benzene rings is 2. The Hall–Kier alpha value is -2.99. The standard InChI is InChI=1S/C20H20N2O4/c1-13-10-15(20(25)26-2)8-9-17(13)22-18(23)11-16(19(22)24)21-12-14-6-4-3-5-7-14/h3-10,16,21H,11-12H2,1-2H3/t16-/m1/s1. The third-order valence-electron chi connectivity index (χ3n) is 4.40. The van der Waals surface area contributed by atoms with Crippen molar-refractivity contribution >= 4 is 23.5 Å². The van der Waals surface area contributed by atoms with Crippen LogP contribution in [0.5, 0.6) is 0 Å². The summed E-state index contributed by atoms with van der Waals surface area (Å²) in [5.74, 6) is -0.990. The molecule has 26 heavy (non-hydrogen) atoms. The second-order valence-electron chi connectivity index (χ2n) is 6.18. The molecule has 6 heteroatoms. The molecule has 134 valence electrons. The Labute approximate surface area is 151 Å². The lowest BCUT2D eigenvalue weighted by atomic mass is 10.1. The number of carbonyl (C=O) groups is 3. The molecule has 2 aromatic rings. The van der Waals surface area contributed by atoms with Crippen LogP contribution in [0, 0.1) is 6.92 Å². The van der Waals surface area contributed by atoms with Gasteiger partial charge in [-0.2, -0.15) is 0 Å². The molecule has 0 radical (unpaired) electrons. The summed E-state index contributed by atoms with van der Waals surface area (Å²) in [5.41, 5.74) is 2.59. The van der Waals surface area contributed by atoms with E-state index in [0.717, 1.165) is 5.56 Å². The molecule has 0 unspecified atom stereocenters. The predicted octanol–water partition coefficient (Wildman–Crippen LogP) is 2.20. The monoisotopic (exact) mass is 352 g/mol. The Morgan fingerprint density at radius 3 is 2.58 bits per heavy atom. The molecule has 1 saturated heterocycles. The number of esters is 1. The van der Waals surface area contributed by atoms with E-state index in [4.69, 9.17) is 4.74 Å². The molecule has 1 N–H and O–H groups in total. The summed E-state index contributed by atoms with van der Waals surface area (Å²) in [5, 5.41) is 3.15. The van der Waals surface area contributed by atoms with E-state index in [2.05, 4.69) is 5.32 Å². The maximum Gasteiger partial charge on any atom is 0.337 e. The minimum absolute atomic E-state index is 0.115. The number of ether oxygens (including phenoxy) is 1. The Morgan fingerprint density at radius 1 is 1.19 bits per heavy atom. The normalized spacial score (nSPS) is 16.8. The van der Waals surface area contributed by atoms with Gasteiger partial charge in [-0.05, 0) is 36.2 Å². The fourth-order valence-corrected chi connectivity index (χ4v) is 3.03. The fraction of sp³-hybridized carbons (Fsp3) is 0.250. The zero-order chi connectivity index (χ0) is 18.7. The zero-order valence-corrected chi connectivity index (χ0v) is 14.7. The lowest BCUT2D eigenvalue weighted by molar-refractivity contribution is -0.121. The summed E-state index contributed by atoms with van der Waals surface area (Å²) in [6.07, 6.45) is 0.115. The van der Waals surface area contributed by atoms with Crippen molar-refractivity contribution in [1.29, 1.82) is 0 Å². The van der Waals surface area contributed by atoms with Crippen molar-refractivity contribution in [2.45, 2.75) is 25.9 Å². The summed E-state index contributed by atoms with van der Waals surface area (Å²) in [6, 6.07) is 13.9. The number of amides is 2. The van der Waals surface area contributed by atoms with Crippen molar-refractivity contribution in [2.24, 2.45) is 0 Å². The minimum Gasteiger partial charge on any atom is -0.465 e. The number of rotatable bonds is 5. The SMILES string of the molecule is COC(=O)c1ccc(N2C(=O)C[C@@H](NCc3ccccc3)C2=O)c(C)c1. The lowest BCUT2D eigenvalue weighted by Crippen LogP contribution is -2.38. The van der Waals surface area contributed by atoms with Gasteiger partial charge in [0.15, 0.2) is 0 Å². The first-order valence-corrected chi connectivity index (χ1v) is 8.34. The van der Waals surface area contributed by atoms with E-state index < -0.39 is 12.0 Å². The molecular weight excluding hydrogens is 332 g/mol. The summed E-state index contributed by atoms with van der Waals surface area (Å²) < 4.78 is 4.69. The van der Waals surface area contributed by atoms with Gasteiger partial charge in [-0.3, -0.25) is 9.59 Å². The summed E-state index contributed by atoms with van der Waals surface area (Å²) >= 11 is 0. The van der Waals surface area contributed by atoms with E-state index in [9.17, 15) is 14.4 Å². The van der Waals surface area contributed by atoms with Crippen LogP contribution >= 0.6 is 0 Å². The van der Waals surface area contributed by atoms with Gasteiger partial charge in [0.1, 0.15) is 0 Å². The second-order valence-corrected chi connectivity index (χ2v) is 6.18. The summed E-state index contributed by atoms with van der Waals surface area (Å²) in [4.78, 5) is 37.9. The van der Waals surface area contributed by atoms with Crippen LogP contribution in [0.15, 0.2) is 48.5 Å². The van der Waals surface area contributed by atoms with Crippen LogP contribution in [-0.4, -0.2) is 30.9 Å². The zero-order valence-electron chi connectivity index (χ0n) is 14.7. The largest absolute Gasteiger partial charge is 0.465 e. The van der Waals surface area contributed by atoms with E-state index in [1.165, 1.54) is 12.0 Å². The smallest absolute Gasteiger partial charge is 0.337 e. The number of nitrogens with one attached hydrogen (secondary N) is 1. The van der Waals surface area contributed by atoms with E-state index in [0.29, 0.717) is 23.4 Å². The average Bonchev–Trinajstić information content (AvgIpc) is 2.94. The molecular formula is C20H20N2O4. The quantitative estimate of drug-likeness (QED) is 0.659. The van der Waals surface area contributed by atoms with Crippen LogP contribution in [0.3, 0.4) is 0 Å². The number of imide groups is 1. The van der Waals surface area contributed by atoms with Crippen LogP contribution in [-0.2, 0) is 20.9 Å². The van der Waals surface area contributed by atoms with Crippen LogP contribution in [0.25, 0.3) is 0 Å². The highest BCUT2D eigenvalue weighted by Gasteiger charge is 2.39. The number of hydrogen-bond donors (Lipinski definition) is 1. The minimum atomic E-state index is -0.553. The number of methoxy groups -OCH3 is 1. The van der Waals surface area contributed by atoms with Gasteiger partial charge in [-0.15, -0.1) is 0 Å². The molecule has 0 aromatic heterocycles. The third kappa shape index (κ3) is 3.50. The number of nitrogens with zero attached hydrogens (tertiary/aromatic N) is 1. The molecule has 1 heterocycles. The first-order chi connectivity index (χ1) is 12.5. The molecule has 2 amide bonds.